The Morgan fingerprint density at radius 2 is 2.12 bits per heavy atom. The van der Waals surface area contributed by atoms with E-state index < -0.39 is 0 Å². The van der Waals surface area contributed by atoms with Gasteiger partial charge in [-0.05, 0) is 25.2 Å². The summed E-state index contributed by atoms with van der Waals surface area (Å²) in [5.74, 6) is 1.52. The Bertz CT molecular complexity index is 653. The van der Waals surface area contributed by atoms with Crippen LogP contribution >= 0.6 is 0 Å². The molecule has 2 aliphatic rings. The number of nitrogens with one attached hydrogen (secondary N) is 2. The van der Waals surface area contributed by atoms with Crippen LogP contribution in [0.25, 0.3) is 0 Å². The minimum atomic E-state index is -0.155. The fraction of sp³-hybridized carbons (Fsp3) is 0.647. The average Bonchev–Trinajstić information content (AvgIpc) is 2.50. The topological polar surface area (TPSA) is 93.2 Å². The molecule has 0 spiro atoms. The lowest BCUT2D eigenvalue weighted by Crippen LogP contribution is -2.41. The molecule has 24 heavy (non-hydrogen) atoms. The van der Waals surface area contributed by atoms with Crippen molar-refractivity contribution >= 4 is 17.7 Å². The maximum Gasteiger partial charge on any atom is 0.308 e. The number of hydrogen-bond donors (Lipinski definition) is 2. The number of amides is 1. The van der Waals surface area contributed by atoms with Gasteiger partial charge in [-0.2, -0.15) is 0 Å². The van der Waals surface area contributed by atoms with Crippen molar-refractivity contribution in [1.29, 1.82) is 0 Å². The first-order valence-corrected chi connectivity index (χ1v) is 8.50. The van der Waals surface area contributed by atoms with Gasteiger partial charge in [-0.15, -0.1) is 0 Å². The van der Waals surface area contributed by atoms with Gasteiger partial charge in [-0.1, -0.05) is 13.8 Å². The lowest BCUT2D eigenvalue weighted by Gasteiger charge is -2.35. The summed E-state index contributed by atoms with van der Waals surface area (Å²) in [4.78, 5) is 32.8. The number of nitrogens with zero attached hydrogens (tertiary/aromatic N) is 2. The molecular formula is C17H24N4O3. The van der Waals surface area contributed by atoms with Crippen molar-refractivity contribution in [3.63, 3.8) is 0 Å². The lowest BCUT2D eigenvalue weighted by molar-refractivity contribution is -0.148. The third-order valence-corrected chi connectivity index (χ3v) is 4.53. The summed E-state index contributed by atoms with van der Waals surface area (Å²) in [5.41, 5.74) is 1.37. The molecule has 7 heteroatoms. The van der Waals surface area contributed by atoms with Gasteiger partial charge in [0, 0.05) is 24.6 Å². The number of ether oxygens (including phenoxy) is 1. The van der Waals surface area contributed by atoms with Crippen molar-refractivity contribution in [2.24, 2.45) is 11.8 Å². The molecule has 1 aromatic heterocycles. The molecule has 0 bridgehead atoms. The predicted octanol–water partition coefficient (Wildman–Crippen LogP) is 1.32. The van der Waals surface area contributed by atoms with Crippen molar-refractivity contribution in [3.8, 4) is 0 Å². The van der Waals surface area contributed by atoms with Crippen molar-refractivity contribution in [2.75, 3.05) is 19.0 Å². The van der Waals surface area contributed by atoms with E-state index in [1.54, 1.807) is 0 Å². The number of carbonyl (C=O) groups is 2. The smallest absolute Gasteiger partial charge is 0.308 e. The number of carbonyl (C=O) groups excluding carboxylic acids is 2. The van der Waals surface area contributed by atoms with Crippen LogP contribution in [0, 0.1) is 11.8 Å². The highest BCUT2D eigenvalue weighted by Crippen LogP contribution is 2.32. The molecule has 1 aliphatic heterocycles. The summed E-state index contributed by atoms with van der Waals surface area (Å²) in [7, 11) is 1.42. The minimum absolute atomic E-state index is 0.0383. The van der Waals surface area contributed by atoms with Gasteiger partial charge < -0.3 is 15.4 Å². The molecule has 1 fully saturated rings. The molecule has 2 heterocycles. The third kappa shape index (κ3) is 3.34. The van der Waals surface area contributed by atoms with Crippen LogP contribution in [-0.2, 0) is 22.4 Å². The fourth-order valence-electron chi connectivity index (χ4n) is 3.20. The minimum Gasteiger partial charge on any atom is -0.469 e. The number of methoxy groups -OCH3 is 1. The van der Waals surface area contributed by atoms with Gasteiger partial charge in [0.1, 0.15) is 17.3 Å². The molecule has 3 rings (SSSR count). The molecule has 0 atom stereocenters. The normalized spacial score (nSPS) is 22.4. The highest BCUT2D eigenvalue weighted by Gasteiger charge is 2.36. The summed E-state index contributed by atoms with van der Waals surface area (Å²) in [5, 5.41) is 6.25. The van der Waals surface area contributed by atoms with Gasteiger partial charge in [-0.25, -0.2) is 9.97 Å². The predicted molar refractivity (Wildman–Crippen MR) is 88.8 cm³/mol. The monoisotopic (exact) mass is 332 g/mol. The quantitative estimate of drug-likeness (QED) is 0.790. The highest BCUT2D eigenvalue weighted by atomic mass is 16.5. The average molecular weight is 332 g/mol. The molecule has 0 aromatic carbocycles. The Hall–Kier alpha value is -2.18. The highest BCUT2D eigenvalue weighted by molar-refractivity contribution is 5.96. The zero-order chi connectivity index (χ0) is 17.3. The number of fused-ring (bicyclic) bond motifs is 1. The maximum absolute atomic E-state index is 12.1. The summed E-state index contributed by atoms with van der Waals surface area (Å²) in [6.07, 6.45) is 2.91. The van der Waals surface area contributed by atoms with Crippen LogP contribution in [0.4, 0.5) is 5.82 Å². The van der Waals surface area contributed by atoms with Crippen LogP contribution in [0.1, 0.15) is 48.6 Å². The molecular weight excluding hydrogens is 308 g/mol. The molecule has 0 unspecified atom stereocenters. The first-order chi connectivity index (χ1) is 11.5. The molecule has 130 valence electrons. The van der Waals surface area contributed by atoms with Crippen LogP contribution in [-0.4, -0.2) is 41.5 Å². The maximum atomic E-state index is 12.1. The zero-order valence-corrected chi connectivity index (χ0v) is 14.4. The van der Waals surface area contributed by atoms with Gasteiger partial charge in [0.2, 0.25) is 0 Å². The molecule has 1 aromatic rings. The van der Waals surface area contributed by atoms with E-state index in [1.165, 1.54) is 7.11 Å². The van der Waals surface area contributed by atoms with Crippen LogP contribution in [0.15, 0.2) is 0 Å². The number of anilines is 1. The first-order valence-electron chi connectivity index (χ1n) is 8.50. The Morgan fingerprint density at radius 1 is 1.38 bits per heavy atom. The zero-order valence-electron chi connectivity index (χ0n) is 14.4. The number of aromatic nitrogens is 2. The van der Waals surface area contributed by atoms with E-state index in [9.17, 15) is 9.59 Å². The molecule has 1 aliphatic carbocycles. The third-order valence-electron chi connectivity index (χ3n) is 4.53. The largest absolute Gasteiger partial charge is 0.469 e. The summed E-state index contributed by atoms with van der Waals surface area (Å²) < 4.78 is 4.77. The molecule has 0 saturated heterocycles. The summed E-state index contributed by atoms with van der Waals surface area (Å²) in [6.45, 7) is 4.80. The van der Waals surface area contributed by atoms with E-state index in [-0.39, 0.29) is 23.8 Å². The van der Waals surface area contributed by atoms with Crippen molar-refractivity contribution < 1.29 is 14.3 Å². The molecule has 0 radical (unpaired) electrons. The van der Waals surface area contributed by atoms with Gasteiger partial charge in [-0.3, -0.25) is 9.59 Å². The molecule has 2 N–H and O–H groups in total. The Balaban J connectivity index is 1.80. The second-order valence-electron chi connectivity index (χ2n) is 6.95. The Labute approximate surface area is 141 Å². The number of hydrogen-bond acceptors (Lipinski definition) is 6. The van der Waals surface area contributed by atoms with Crippen molar-refractivity contribution in [3.05, 3.63) is 17.1 Å². The molecule has 1 amide bonds. The lowest BCUT2D eigenvalue weighted by atomic mass is 9.80. The number of rotatable bonds is 5. The van der Waals surface area contributed by atoms with Gasteiger partial charge in [0.25, 0.3) is 5.91 Å². The first kappa shape index (κ1) is 16.7. The Morgan fingerprint density at radius 3 is 2.79 bits per heavy atom. The van der Waals surface area contributed by atoms with Gasteiger partial charge in [0.15, 0.2) is 0 Å². The van der Waals surface area contributed by atoms with E-state index in [0.717, 1.165) is 37.1 Å². The summed E-state index contributed by atoms with van der Waals surface area (Å²) >= 11 is 0. The number of esters is 1. The van der Waals surface area contributed by atoms with E-state index in [4.69, 9.17) is 4.74 Å². The SMILES string of the molecule is COC(=O)C1CC(Nc2nc(CC(C)C)nc3c2CCNC3=O)C1. The van der Waals surface area contributed by atoms with Crippen molar-refractivity contribution in [2.45, 2.75) is 45.6 Å². The van der Waals surface area contributed by atoms with Gasteiger partial charge in [0.05, 0.1) is 13.0 Å². The van der Waals surface area contributed by atoms with Gasteiger partial charge >= 0.3 is 5.97 Å². The standard InChI is InChI=1S/C17H24N4O3/c1-9(2)6-13-20-14-12(4-5-18-16(14)22)15(21-13)19-11-7-10(8-11)17(23)24-3/h9-11H,4-8H2,1-3H3,(H,18,22)(H,19,20,21). The second kappa shape index (κ2) is 6.75. The van der Waals surface area contributed by atoms with E-state index in [0.29, 0.717) is 24.0 Å². The second-order valence-corrected chi connectivity index (χ2v) is 6.95. The van der Waals surface area contributed by atoms with E-state index in [2.05, 4.69) is 34.4 Å². The van der Waals surface area contributed by atoms with E-state index in [1.807, 2.05) is 0 Å². The molecule has 1 saturated carbocycles. The van der Waals surface area contributed by atoms with Crippen LogP contribution in [0.2, 0.25) is 0 Å². The van der Waals surface area contributed by atoms with Crippen LogP contribution in [0.3, 0.4) is 0 Å². The van der Waals surface area contributed by atoms with Crippen LogP contribution in [0.5, 0.6) is 0 Å². The van der Waals surface area contributed by atoms with E-state index >= 15 is 0 Å². The fourth-order valence-corrected chi connectivity index (χ4v) is 3.20. The molecule has 7 nitrogen and oxygen atoms in total. The van der Waals surface area contributed by atoms with Crippen LogP contribution < -0.4 is 10.6 Å². The Kier molecular flexibility index (Phi) is 4.69. The summed E-state index contributed by atoms with van der Waals surface area (Å²) in [6, 6.07) is 0.185. The van der Waals surface area contributed by atoms with Crippen molar-refractivity contribution in [1.82, 2.24) is 15.3 Å².